The van der Waals surface area contributed by atoms with Gasteiger partial charge in [0.2, 0.25) is 0 Å². The largest absolute Gasteiger partial charge is 0.494 e. The summed E-state index contributed by atoms with van der Waals surface area (Å²) in [7, 11) is 0. The Morgan fingerprint density at radius 3 is 2.05 bits per heavy atom. The Labute approximate surface area is 126 Å². The summed E-state index contributed by atoms with van der Waals surface area (Å²) in [6.07, 6.45) is 6.55. The molecule has 2 heteroatoms. The van der Waals surface area contributed by atoms with Gasteiger partial charge < -0.3 is 9.84 Å². The molecular formula is C19H20O2. The molecule has 1 unspecified atom stereocenters. The van der Waals surface area contributed by atoms with Crippen LogP contribution in [0.2, 0.25) is 0 Å². The van der Waals surface area contributed by atoms with Gasteiger partial charge in [0.05, 0.1) is 6.61 Å². The minimum atomic E-state index is -1.42. The van der Waals surface area contributed by atoms with E-state index in [0.717, 1.165) is 17.7 Å². The second kappa shape index (κ2) is 6.47. The normalized spacial score (nSPS) is 13.2. The van der Waals surface area contributed by atoms with Crippen LogP contribution in [-0.4, -0.2) is 11.7 Å². The van der Waals surface area contributed by atoms with Crippen LogP contribution in [0.5, 0.6) is 5.75 Å². The number of terminal acetylenes is 1. The highest BCUT2D eigenvalue weighted by Crippen LogP contribution is 2.30. The monoisotopic (exact) mass is 280 g/mol. The van der Waals surface area contributed by atoms with Crippen LogP contribution in [0.4, 0.5) is 0 Å². The lowest BCUT2D eigenvalue weighted by Gasteiger charge is -2.23. The van der Waals surface area contributed by atoms with Crippen LogP contribution in [0.1, 0.15) is 30.0 Å². The highest BCUT2D eigenvalue weighted by molar-refractivity contribution is 5.45. The predicted molar refractivity (Wildman–Crippen MR) is 85.2 cm³/mol. The van der Waals surface area contributed by atoms with Crippen LogP contribution in [0.25, 0.3) is 0 Å². The number of aryl methyl sites for hydroxylation is 1. The molecular weight excluding hydrogens is 260 g/mol. The molecule has 2 aromatic carbocycles. The Balaban J connectivity index is 2.32. The molecule has 0 aromatic heterocycles. The highest BCUT2D eigenvalue weighted by atomic mass is 16.5. The Kier molecular flexibility index (Phi) is 4.67. The maximum Gasteiger partial charge on any atom is 0.176 e. The second-order valence-corrected chi connectivity index (χ2v) is 5.09. The molecule has 0 aliphatic heterocycles. The van der Waals surface area contributed by atoms with Crippen LogP contribution < -0.4 is 4.74 Å². The van der Waals surface area contributed by atoms with E-state index in [0.29, 0.717) is 17.7 Å². The van der Waals surface area contributed by atoms with Crippen molar-refractivity contribution in [3.05, 3.63) is 65.2 Å². The molecule has 2 nitrogen and oxygen atoms in total. The quantitative estimate of drug-likeness (QED) is 0.847. The predicted octanol–water partition coefficient (Wildman–Crippen LogP) is 3.65. The van der Waals surface area contributed by atoms with Crippen molar-refractivity contribution in [2.75, 3.05) is 6.61 Å². The van der Waals surface area contributed by atoms with Gasteiger partial charge in [0.15, 0.2) is 5.60 Å². The summed E-state index contributed by atoms with van der Waals surface area (Å²) in [6, 6.07) is 14.9. The standard InChI is InChI=1S/C19H20O2/c1-4-14-21-18-12-10-17(11-13-18)19(20,5-2)16-8-6-15(3)7-9-16/h2,6-13,20H,4,14H2,1,3H3. The Morgan fingerprint density at radius 1 is 1.05 bits per heavy atom. The summed E-state index contributed by atoms with van der Waals surface area (Å²) in [5.41, 5.74) is 1.06. The number of benzene rings is 2. The first-order valence-corrected chi connectivity index (χ1v) is 7.10. The first-order valence-electron chi connectivity index (χ1n) is 7.10. The maximum atomic E-state index is 10.8. The van der Waals surface area contributed by atoms with E-state index >= 15 is 0 Å². The van der Waals surface area contributed by atoms with Gasteiger partial charge in [0, 0.05) is 11.1 Å². The molecule has 2 rings (SSSR count). The Bertz CT molecular complexity index is 620. The number of ether oxygens (including phenoxy) is 1. The van der Waals surface area contributed by atoms with Crippen LogP contribution in [0.3, 0.4) is 0 Å². The van der Waals surface area contributed by atoms with Crippen molar-refractivity contribution in [3.63, 3.8) is 0 Å². The lowest BCUT2D eigenvalue weighted by atomic mass is 9.87. The summed E-state index contributed by atoms with van der Waals surface area (Å²) in [6.45, 7) is 4.73. The SMILES string of the molecule is C#CC(O)(c1ccc(C)cc1)c1ccc(OCCC)cc1. The molecule has 0 bridgehead atoms. The van der Waals surface area contributed by atoms with Crippen molar-refractivity contribution < 1.29 is 9.84 Å². The van der Waals surface area contributed by atoms with E-state index in [1.54, 1.807) is 0 Å². The lowest BCUT2D eigenvalue weighted by Crippen LogP contribution is -2.24. The molecule has 0 saturated heterocycles. The molecule has 21 heavy (non-hydrogen) atoms. The molecule has 0 saturated carbocycles. The van der Waals surface area contributed by atoms with Gasteiger partial charge in [-0.3, -0.25) is 0 Å². The minimum Gasteiger partial charge on any atom is -0.494 e. The first kappa shape index (κ1) is 15.2. The summed E-state index contributed by atoms with van der Waals surface area (Å²) >= 11 is 0. The Morgan fingerprint density at radius 2 is 1.57 bits per heavy atom. The van der Waals surface area contributed by atoms with E-state index in [9.17, 15) is 5.11 Å². The summed E-state index contributed by atoms with van der Waals surface area (Å²) in [5.74, 6) is 3.29. The van der Waals surface area contributed by atoms with Gasteiger partial charge in [-0.1, -0.05) is 54.8 Å². The van der Waals surface area contributed by atoms with E-state index in [4.69, 9.17) is 11.2 Å². The number of hydrogen-bond acceptors (Lipinski definition) is 2. The van der Waals surface area contributed by atoms with Gasteiger partial charge in [-0.2, -0.15) is 0 Å². The molecule has 0 aliphatic rings. The zero-order valence-electron chi connectivity index (χ0n) is 12.5. The van der Waals surface area contributed by atoms with Crippen molar-refractivity contribution >= 4 is 0 Å². The minimum absolute atomic E-state index is 0.665. The molecule has 2 aromatic rings. The van der Waals surface area contributed by atoms with Gasteiger partial charge in [0.25, 0.3) is 0 Å². The lowest BCUT2D eigenvalue weighted by molar-refractivity contribution is 0.145. The molecule has 1 atom stereocenters. The molecule has 0 spiro atoms. The zero-order chi connectivity index (χ0) is 15.3. The van der Waals surface area contributed by atoms with Crippen LogP contribution in [0, 0.1) is 19.3 Å². The third kappa shape index (κ3) is 3.26. The summed E-state index contributed by atoms with van der Waals surface area (Å²) in [4.78, 5) is 0. The average molecular weight is 280 g/mol. The number of aliphatic hydroxyl groups is 1. The fourth-order valence-electron chi connectivity index (χ4n) is 2.14. The van der Waals surface area contributed by atoms with Gasteiger partial charge in [-0.05, 0) is 25.5 Å². The van der Waals surface area contributed by atoms with Gasteiger partial charge in [0.1, 0.15) is 5.75 Å². The van der Waals surface area contributed by atoms with Crippen LogP contribution in [0.15, 0.2) is 48.5 Å². The van der Waals surface area contributed by atoms with Crippen molar-refractivity contribution in [1.82, 2.24) is 0 Å². The molecule has 0 heterocycles. The highest BCUT2D eigenvalue weighted by Gasteiger charge is 2.28. The number of hydrogen-bond donors (Lipinski definition) is 1. The molecule has 0 amide bonds. The van der Waals surface area contributed by atoms with Crippen LogP contribution >= 0.6 is 0 Å². The van der Waals surface area contributed by atoms with Crippen molar-refractivity contribution in [2.24, 2.45) is 0 Å². The van der Waals surface area contributed by atoms with Gasteiger partial charge in [-0.15, -0.1) is 6.42 Å². The second-order valence-electron chi connectivity index (χ2n) is 5.09. The molecule has 1 N–H and O–H groups in total. The van der Waals surface area contributed by atoms with E-state index in [-0.39, 0.29) is 0 Å². The zero-order valence-corrected chi connectivity index (χ0v) is 12.5. The summed E-state index contributed by atoms with van der Waals surface area (Å²) < 4.78 is 5.54. The fourth-order valence-corrected chi connectivity index (χ4v) is 2.14. The van der Waals surface area contributed by atoms with E-state index in [2.05, 4.69) is 12.8 Å². The molecule has 0 aliphatic carbocycles. The van der Waals surface area contributed by atoms with Gasteiger partial charge >= 0.3 is 0 Å². The molecule has 0 radical (unpaired) electrons. The third-order valence-corrected chi connectivity index (χ3v) is 3.42. The number of rotatable bonds is 5. The third-order valence-electron chi connectivity index (χ3n) is 3.42. The van der Waals surface area contributed by atoms with E-state index in [1.807, 2.05) is 55.5 Å². The van der Waals surface area contributed by atoms with E-state index in [1.165, 1.54) is 0 Å². The Hall–Kier alpha value is -2.24. The van der Waals surface area contributed by atoms with Crippen LogP contribution in [-0.2, 0) is 5.60 Å². The van der Waals surface area contributed by atoms with Crippen molar-refractivity contribution in [1.29, 1.82) is 0 Å². The first-order chi connectivity index (χ1) is 10.1. The molecule has 0 fully saturated rings. The average Bonchev–Trinajstić information content (AvgIpc) is 2.53. The maximum absolute atomic E-state index is 10.8. The topological polar surface area (TPSA) is 29.5 Å². The van der Waals surface area contributed by atoms with E-state index < -0.39 is 5.60 Å². The van der Waals surface area contributed by atoms with Gasteiger partial charge in [-0.25, -0.2) is 0 Å². The van der Waals surface area contributed by atoms with Crippen molar-refractivity contribution in [3.8, 4) is 18.1 Å². The van der Waals surface area contributed by atoms with Crippen molar-refractivity contribution in [2.45, 2.75) is 25.9 Å². The molecule has 108 valence electrons. The summed E-state index contributed by atoms with van der Waals surface area (Å²) in [5, 5.41) is 10.8. The fraction of sp³-hybridized carbons (Fsp3) is 0.263. The smallest absolute Gasteiger partial charge is 0.176 e.